The maximum absolute atomic E-state index is 12.3. The molecule has 0 radical (unpaired) electrons. The summed E-state index contributed by atoms with van der Waals surface area (Å²) in [5.41, 5.74) is 3.35. The first-order valence-electron chi connectivity index (χ1n) is 7.85. The van der Waals surface area contributed by atoms with Gasteiger partial charge >= 0.3 is 0 Å². The average molecular weight is 342 g/mol. The molecule has 0 aliphatic carbocycles. The monoisotopic (exact) mass is 342 g/mol. The van der Waals surface area contributed by atoms with E-state index in [1.807, 2.05) is 62.6 Å². The minimum absolute atomic E-state index is 0.0557. The number of rotatable bonds is 6. The number of amides is 2. The Morgan fingerprint density at radius 3 is 2.58 bits per heavy atom. The minimum atomic E-state index is -0.234. The smallest absolute Gasteiger partial charge is 0.252 e. The summed E-state index contributed by atoms with van der Waals surface area (Å²) in [4.78, 5) is 25.4. The van der Waals surface area contributed by atoms with E-state index >= 15 is 0 Å². The maximum atomic E-state index is 12.3. The van der Waals surface area contributed by atoms with Gasteiger partial charge in [-0.05, 0) is 48.9 Å². The zero-order valence-corrected chi connectivity index (χ0v) is 15.0. The molecule has 2 aromatic carbocycles. The van der Waals surface area contributed by atoms with Gasteiger partial charge in [0.05, 0.1) is 6.54 Å². The molecule has 2 amide bonds. The third-order valence-corrected chi connectivity index (χ3v) is 4.50. The van der Waals surface area contributed by atoms with Crippen LogP contribution in [0.1, 0.15) is 28.4 Å². The van der Waals surface area contributed by atoms with Crippen molar-refractivity contribution in [2.75, 3.05) is 18.1 Å². The van der Waals surface area contributed by atoms with Crippen LogP contribution in [-0.4, -0.2) is 24.6 Å². The summed E-state index contributed by atoms with van der Waals surface area (Å²) in [7, 11) is 0. The van der Waals surface area contributed by atoms with Crippen LogP contribution in [0.15, 0.2) is 47.4 Å². The summed E-state index contributed by atoms with van der Waals surface area (Å²) in [5.74, 6) is -0.467. The Labute approximate surface area is 147 Å². The largest absolute Gasteiger partial charge is 0.343 e. The third-order valence-electron chi connectivity index (χ3n) is 3.77. The normalized spacial score (nSPS) is 10.3. The van der Waals surface area contributed by atoms with Gasteiger partial charge in [0.1, 0.15) is 0 Å². The van der Waals surface area contributed by atoms with Crippen LogP contribution in [0.25, 0.3) is 0 Å². The molecule has 0 saturated carbocycles. The summed E-state index contributed by atoms with van der Waals surface area (Å²) in [6.07, 6.45) is 2.80. The summed E-state index contributed by atoms with van der Waals surface area (Å²) in [6, 6.07) is 13.4. The van der Waals surface area contributed by atoms with Crippen LogP contribution in [-0.2, 0) is 11.2 Å². The third kappa shape index (κ3) is 4.61. The van der Waals surface area contributed by atoms with Gasteiger partial charge in [-0.15, -0.1) is 11.8 Å². The van der Waals surface area contributed by atoms with Gasteiger partial charge in [0.15, 0.2) is 0 Å². The number of carbonyl (C=O) groups excluding carboxylic acids is 2. The number of carbonyl (C=O) groups is 2. The van der Waals surface area contributed by atoms with Gasteiger partial charge in [-0.1, -0.05) is 31.2 Å². The molecule has 126 valence electrons. The molecule has 2 N–H and O–H groups in total. The van der Waals surface area contributed by atoms with E-state index < -0.39 is 0 Å². The Morgan fingerprint density at radius 1 is 1.12 bits per heavy atom. The van der Waals surface area contributed by atoms with Crippen molar-refractivity contribution < 1.29 is 9.59 Å². The number of anilines is 1. The van der Waals surface area contributed by atoms with Crippen LogP contribution in [0, 0.1) is 6.92 Å². The fraction of sp³-hybridized carbons (Fsp3) is 0.263. The highest BCUT2D eigenvalue weighted by atomic mass is 32.2. The zero-order valence-electron chi connectivity index (χ0n) is 14.2. The molecule has 24 heavy (non-hydrogen) atoms. The van der Waals surface area contributed by atoms with Crippen molar-refractivity contribution in [1.29, 1.82) is 0 Å². The van der Waals surface area contributed by atoms with Crippen molar-refractivity contribution in [3.05, 3.63) is 59.2 Å². The highest BCUT2D eigenvalue weighted by Gasteiger charge is 2.12. The van der Waals surface area contributed by atoms with E-state index in [4.69, 9.17) is 0 Å². The van der Waals surface area contributed by atoms with E-state index in [2.05, 4.69) is 10.6 Å². The number of benzene rings is 2. The topological polar surface area (TPSA) is 58.2 Å². The fourth-order valence-electron chi connectivity index (χ4n) is 2.37. The van der Waals surface area contributed by atoms with Gasteiger partial charge in [-0.25, -0.2) is 0 Å². The van der Waals surface area contributed by atoms with Crippen molar-refractivity contribution in [2.24, 2.45) is 0 Å². The molecule has 0 fully saturated rings. The number of hydrogen-bond acceptors (Lipinski definition) is 3. The molecular formula is C19H22N2O2S. The van der Waals surface area contributed by atoms with Crippen LogP contribution in [0.4, 0.5) is 5.69 Å². The van der Waals surface area contributed by atoms with Crippen LogP contribution >= 0.6 is 11.8 Å². The minimum Gasteiger partial charge on any atom is -0.343 e. The van der Waals surface area contributed by atoms with E-state index in [0.717, 1.165) is 28.1 Å². The lowest BCUT2D eigenvalue weighted by atomic mass is 10.1. The molecule has 5 heteroatoms. The molecule has 0 aliphatic heterocycles. The fourth-order valence-corrected chi connectivity index (χ4v) is 2.81. The first-order chi connectivity index (χ1) is 11.5. The van der Waals surface area contributed by atoms with Gasteiger partial charge < -0.3 is 10.6 Å². The molecule has 4 nitrogen and oxygen atoms in total. The van der Waals surface area contributed by atoms with Gasteiger partial charge in [0, 0.05) is 16.1 Å². The number of hydrogen-bond donors (Lipinski definition) is 2. The molecule has 0 bridgehead atoms. The predicted octanol–water partition coefficient (Wildman–Crippen LogP) is 3.65. The second kappa shape index (κ2) is 8.55. The Bertz CT molecular complexity index is 744. The van der Waals surface area contributed by atoms with Crippen LogP contribution in [0.3, 0.4) is 0 Å². The second-order valence-electron chi connectivity index (χ2n) is 5.42. The lowest BCUT2D eigenvalue weighted by Crippen LogP contribution is -2.33. The Morgan fingerprint density at radius 2 is 1.88 bits per heavy atom. The maximum Gasteiger partial charge on any atom is 0.252 e. The van der Waals surface area contributed by atoms with E-state index in [-0.39, 0.29) is 18.4 Å². The molecule has 0 aromatic heterocycles. The SMILES string of the molecule is CCc1ccccc1NC(=O)CNC(=O)c1cc(SC)ccc1C. The standard InChI is InChI=1S/C19H22N2O2S/c1-4-14-7-5-6-8-17(14)21-18(22)12-20-19(23)16-11-15(24-3)10-9-13(16)2/h5-11H,4,12H2,1-3H3,(H,20,23)(H,21,22). The Balaban J connectivity index is 1.97. The van der Waals surface area contributed by atoms with Crippen molar-refractivity contribution in [2.45, 2.75) is 25.2 Å². The molecule has 2 rings (SSSR count). The molecular weight excluding hydrogens is 320 g/mol. The van der Waals surface area contributed by atoms with Gasteiger partial charge in [-0.2, -0.15) is 0 Å². The van der Waals surface area contributed by atoms with Crippen molar-refractivity contribution in [3.8, 4) is 0 Å². The van der Waals surface area contributed by atoms with E-state index in [0.29, 0.717) is 5.56 Å². The van der Waals surface area contributed by atoms with Gasteiger partial charge in [-0.3, -0.25) is 9.59 Å². The quantitative estimate of drug-likeness (QED) is 0.788. The highest BCUT2D eigenvalue weighted by molar-refractivity contribution is 7.98. The Hall–Kier alpha value is -2.27. The molecule has 0 spiro atoms. The Kier molecular flexibility index (Phi) is 6.44. The summed E-state index contributed by atoms with van der Waals surface area (Å²) < 4.78 is 0. The van der Waals surface area contributed by atoms with Crippen molar-refractivity contribution in [3.63, 3.8) is 0 Å². The first kappa shape index (κ1) is 18.1. The van der Waals surface area contributed by atoms with Crippen LogP contribution in [0.5, 0.6) is 0 Å². The van der Waals surface area contributed by atoms with Gasteiger partial charge in [0.2, 0.25) is 5.91 Å². The molecule has 0 heterocycles. The summed E-state index contributed by atoms with van der Waals surface area (Å²) >= 11 is 1.58. The van der Waals surface area contributed by atoms with E-state index in [1.54, 1.807) is 11.8 Å². The summed E-state index contributed by atoms with van der Waals surface area (Å²) in [5, 5.41) is 5.54. The number of nitrogens with one attached hydrogen (secondary N) is 2. The van der Waals surface area contributed by atoms with Crippen LogP contribution in [0.2, 0.25) is 0 Å². The van der Waals surface area contributed by atoms with Gasteiger partial charge in [0.25, 0.3) is 5.91 Å². The van der Waals surface area contributed by atoms with E-state index in [1.165, 1.54) is 0 Å². The molecule has 2 aromatic rings. The molecule has 0 aliphatic rings. The number of para-hydroxylation sites is 1. The van der Waals surface area contributed by atoms with Crippen molar-refractivity contribution in [1.82, 2.24) is 5.32 Å². The second-order valence-corrected chi connectivity index (χ2v) is 6.30. The molecule has 0 unspecified atom stereocenters. The zero-order chi connectivity index (χ0) is 17.5. The first-order valence-corrected chi connectivity index (χ1v) is 9.08. The van der Waals surface area contributed by atoms with Crippen molar-refractivity contribution >= 4 is 29.3 Å². The number of thioether (sulfide) groups is 1. The van der Waals surface area contributed by atoms with E-state index in [9.17, 15) is 9.59 Å². The molecule has 0 atom stereocenters. The number of aryl methyl sites for hydroxylation is 2. The average Bonchev–Trinajstić information content (AvgIpc) is 2.60. The predicted molar refractivity (Wildman–Crippen MR) is 99.7 cm³/mol. The highest BCUT2D eigenvalue weighted by Crippen LogP contribution is 2.19. The molecule has 0 saturated heterocycles. The lowest BCUT2D eigenvalue weighted by molar-refractivity contribution is -0.115. The summed E-state index contributed by atoms with van der Waals surface area (Å²) in [6.45, 7) is 3.87. The lowest BCUT2D eigenvalue weighted by Gasteiger charge is -2.11. The van der Waals surface area contributed by atoms with Crippen LogP contribution < -0.4 is 10.6 Å².